The number of carbonyl (C=O) groups is 1. The van der Waals surface area contributed by atoms with Gasteiger partial charge in [-0.05, 0) is 12.8 Å². The summed E-state index contributed by atoms with van der Waals surface area (Å²) in [6, 6.07) is 0.373. The van der Waals surface area contributed by atoms with Crippen molar-refractivity contribution in [2.24, 2.45) is 0 Å². The van der Waals surface area contributed by atoms with Crippen LogP contribution in [0.2, 0.25) is 0 Å². The van der Waals surface area contributed by atoms with Crippen molar-refractivity contribution in [3.8, 4) is 0 Å². The van der Waals surface area contributed by atoms with Gasteiger partial charge in [-0.15, -0.1) is 0 Å². The molecule has 0 saturated heterocycles. The molecule has 1 aliphatic rings. The molecule has 1 aliphatic carbocycles. The SMILES string of the molecule is O=C(CCBr)N(CCO)C1CCCCC1. The van der Waals surface area contributed by atoms with Gasteiger partial charge in [0.1, 0.15) is 0 Å². The van der Waals surface area contributed by atoms with Gasteiger partial charge in [-0.25, -0.2) is 0 Å². The Labute approximate surface area is 100.0 Å². The number of amides is 1. The molecule has 0 bridgehead atoms. The lowest BCUT2D eigenvalue weighted by Crippen LogP contribution is -2.43. The summed E-state index contributed by atoms with van der Waals surface area (Å²) in [5.41, 5.74) is 0. The van der Waals surface area contributed by atoms with E-state index in [0.29, 0.717) is 24.3 Å². The number of halogens is 1. The normalized spacial score (nSPS) is 17.7. The molecule has 1 amide bonds. The van der Waals surface area contributed by atoms with Gasteiger partial charge in [0.15, 0.2) is 0 Å². The van der Waals surface area contributed by atoms with E-state index < -0.39 is 0 Å². The minimum atomic E-state index is 0.0739. The molecular formula is C11H20BrNO2. The molecule has 0 aromatic rings. The molecule has 1 N–H and O–H groups in total. The zero-order valence-corrected chi connectivity index (χ0v) is 10.7. The Balaban J connectivity index is 2.50. The van der Waals surface area contributed by atoms with E-state index in [1.807, 2.05) is 4.90 Å². The lowest BCUT2D eigenvalue weighted by atomic mass is 9.94. The Bertz CT molecular complexity index is 193. The van der Waals surface area contributed by atoms with Crippen LogP contribution in [0.4, 0.5) is 0 Å². The maximum atomic E-state index is 11.8. The van der Waals surface area contributed by atoms with Gasteiger partial charge in [0.2, 0.25) is 5.91 Å². The lowest BCUT2D eigenvalue weighted by Gasteiger charge is -2.34. The molecule has 88 valence electrons. The molecule has 0 heterocycles. The largest absolute Gasteiger partial charge is 0.395 e. The van der Waals surface area contributed by atoms with Crippen molar-refractivity contribution >= 4 is 21.8 Å². The van der Waals surface area contributed by atoms with E-state index in [0.717, 1.165) is 12.8 Å². The summed E-state index contributed by atoms with van der Waals surface area (Å²) >= 11 is 3.28. The average Bonchev–Trinajstić information content (AvgIpc) is 2.27. The van der Waals surface area contributed by atoms with Crippen LogP contribution in [-0.2, 0) is 4.79 Å². The zero-order valence-electron chi connectivity index (χ0n) is 9.12. The molecule has 15 heavy (non-hydrogen) atoms. The summed E-state index contributed by atoms with van der Waals surface area (Å²) in [4.78, 5) is 13.7. The summed E-state index contributed by atoms with van der Waals surface area (Å²) in [7, 11) is 0. The van der Waals surface area contributed by atoms with Crippen LogP contribution in [0.3, 0.4) is 0 Å². The summed E-state index contributed by atoms with van der Waals surface area (Å²) in [6.45, 7) is 0.570. The van der Waals surface area contributed by atoms with E-state index >= 15 is 0 Å². The number of rotatable bonds is 5. The van der Waals surface area contributed by atoms with Crippen molar-refractivity contribution in [3.05, 3.63) is 0 Å². The van der Waals surface area contributed by atoms with Gasteiger partial charge < -0.3 is 10.0 Å². The first kappa shape index (κ1) is 13.0. The summed E-state index contributed by atoms with van der Waals surface area (Å²) < 4.78 is 0. The molecule has 1 fully saturated rings. The first-order valence-electron chi connectivity index (χ1n) is 5.76. The molecule has 0 aliphatic heterocycles. The average molecular weight is 278 g/mol. The second-order valence-electron chi connectivity index (χ2n) is 4.04. The fourth-order valence-corrected chi connectivity index (χ4v) is 2.57. The predicted octanol–water partition coefficient (Wildman–Crippen LogP) is 1.93. The van der Waals surface area contributed by atoms with Crippen LogP contribution in [-0.4, -0.2) is 40.4 Å². The fourth-order valence-electron chi connectivity index (χ4n) is 2.24. The van der Waals surface area contributed by atoms with Gasteiger partial charge in [-0.1, -0.05) is 35.2 Å². The van der Waals surface area contributed by atoms with E-state index in [1.54, 1.807) is 0 Å². The lowest BCUT2D eigenvalue weighted by molar-refractivity contribution is -0.134. The third-order valence-electron chi connectivity index (χ3n) is 2.99. The molecule has 0 radical (unpaired) electrons. The molecule has 1 saturated carbocycles. The molecule has 3 nitrogen and oxygen atoms in total. The number of aliphatic hydroxyl groups excluding tert-OH is 1. The highest BCUT2D eigenvalue weighted by atomic mass is 79.9. The van der Waals surface area contributed by atoms with Crippen molar-refractivity contribution in [1.29, 1.82) is 0 Å². The predicted molar refractivity (Wildman–Crippen MR) is 64.1 cm³/mol. The van der Waals surface area contributed by atoms with Gasteiger partial charge in [-0.2, -0.15) is 0 Å². The molecular weight excluding hydrogens is 258 g/mol. The van der Waals surface area contributed by atoms with Crippen molar-refractivity contribution < 1.29 is 9.90 Å². The van der Waals surface area contributed by atoms with Crippen LogP contribution in [0, 0.1) is 0 Å². The molecule has 0 aromatic carbocycles. The minimum absolute atomic E-state index is 0.0739. The smallest absolute Gasteiger partial charge is 0.223 e. The third-order valence-corrected chi connectivity index (χ3v) is 3.38. The Hall–Kier alpha value is -0.0900. The second-order valence-corrected chi connectivity index (χ2v) is 4.83. The number of hydrogen-bond acceptors (Lipinski definition) is 2. The van der Waals surface area contributed by atoms with Crippen molar-refractivity contribution in [2.75, 3.05) is 18.5 Å². The van der Waals surface area contributed by atoms with Crippen molar-refractivity contribution in [3.63, 3.8) is 0 Å². The fraction of sp³-hybridized carbons (Fsp3) is 0.909. The van der Waals surface area contributed by atoms with Gasteiger partial charge >= 0.3 is 0 Å². The highest BCUT2D eigenvalue weighted by Crippen LogP contribution is 2.23. The third kappa shape index (κ3) is 4.11. The van der Waals surface area contributed by atoms with Crippen LogP contribution < -0.4 is 0 Å². The van der Waals surface area contributed by atoms with Crippen LogP contribution in [0.5, 0.6) is 0 Å². The molecule has 0 aromatic heterocycles. The summed E-state index contributed by atoms with van der Waals surface area (Å²) in [5, 5.41) is 9.69. The van der Waals surface area contributed by atoms with E-state index in [9.17, 15) is 4.79 Å². The standard InChI is InChI=1S/C11H20BrNO2/c12-7-6-11(15)13(8-9-14)10-4-2-1-3-5-10/h10,14H,1-9H2. The van der Waals surface area contributed by atoms with E-state index in [2.05, 4.69) is 15.9 Å². The Morgan fingerprint density at radius 1 is 1.33 bits per heavy atom. The molecule has 0 unspecified atom stereocenters. The second kappa shape index (κ2) is 7.23. The Kier molecular flexibility index (Phi) is 6.25. The summed E-state index contributed by atoms with van der Waals surface area (Å²) in [5.74, 6) is 0.174. The quantitative estimate of drug-likeness (QED) is 0.781. The monoisotopic (exact) mass is 277 g/mol. The highest BCUT2D eigenvalue weighted by molar-refractivity contribution is 9.09. The van der Waals surface area contributed by atoms with E-state index in [1.165, 1.54) is 19.3 Å². The molecule has 4 heteroatoms. The summed E-state index contributed by atoms with van der Waals surface area (Å²) in [6.07, 6.45) is 6.47. The number of hydrogen-bond donors (Lipinski definition) is 1. The molecule has 0 spiro atoms. The topological polar surface area (TPSA) is 40.5 Å². The Morgan fingerprint density at radius 2 is 2.00 bits per heavy atom. The first-order valence-corrected chi connectivity index (χ1v) is 6.88. The molecule has 0 atom stereocenters. The number of nitrogens with zero attached hydrogens (tertiary/aromatic N) is 1. The number of alkyl halides is 1. The highest BCUT2D eigenvalue weighted by Gasteiger charge is 2.24. The van der Waals surface area contributed by atoms with Crippen LogP contribution in [0.25, 0.3) is 0 Å². The minimum Gasteiger partial charge on any atom is -0.395 e. The van der Waals surface area contributed by atoms with Crippen LogP contribution in [0.15, 0.2) is 0 Å². The van der Waals surface area contributed by atoms with E-state index in [4.69, 9.17) is 5.11 Å². The van der Waals surface area contributed by atoms with Crippen LogP contribution in [0.1, 0.15) is 38.5 Å². The number of carbonyl (C=O) groups excluding carboxylic acids is 1. The van der Waals surface area contributed by atoms with Crippen LogP contribution >= 0.6 is 15.9 Å². The van der Waals surface area contributed by atoms with Gasteiger partial charge in [-0.3, -0.25) is 4.79 Å². The van der Waals surface area contributed by atoms with Gasteiger partial charge in [0.05, 0.1) is 6.61 Å². The first-order chi connectivity index (χ1) is 7.29. The number of aliphatic hydroxyl groups is 1. The zero-order chi connectivity index (χ0) is 11.1. The molecule has 1 rings (SSSR count). The maximum Gasteiger partial charge on any atom is 0.223 e. The van der Waals surface area contributed by atoms with Crippen molar-refractivity contribution in [2.45, 2.75) is 44.6 Å². The van der Waals surface area contributed by atoms with Crippen molar-refractivity contribution in [1.82, 2.24) is 4.90 Å². The van der Waals surface area contributed by atoms with E-state index in [-0.39, 0.29) is 12.5 Å². The Morgan fingerprint density at radius 3 is 2.53 bits per heavy atom. The van der Waals surface area contributed by atoms with Gasteiger partial charge in [0, 0.05) is 24.3 Å². The van der Waals surface area contributed by atoms with Gasteiger partial charge in [0.25, 0.3) is 0 Å². The maximum absolute atomic E-state index is 11.8.